The predicted molar refractivity (Wildman–Crippen MR) is 106 cm³/mol. The second-order valence-electron chi connectivity index (χ2n) is 5.81. The number of aromatic nitrogens is 3. The van der Waals surface area contributed by atoms with Gasteiger partial charge in [0.2, 0.25) is 15.8 Å². The molecule has 0 radical (unpaired) electrons. The Morgan fingerprint density at radius 3 is 2.83 bits per heavy atom. The Kier molecular flexibility index (Phi) is 6.54. The molecule has 1 N–H and O–H groups in total. The van der Waals surface area contributed by atoms with Gasteiger partial charge in [-0.15, -0.1) is 0 Å². The highest BCUT2D eigenvalue weighted by atomic mass is 32.2. The molecule has 0 aliphatic carbocycles. The molecular weight excluding hydrogens is 412 g/mol. The number of carbonyl (C=O) groups is 1. The van der Waals surface area contributed by atoms with Crippen LogP contribution < -0.4 is 9.46 Å². The van der Waals surface area contributed by atoms with Crippen LogP contribution in [0.15, 0.2) is 58.2 Å². The quantitative estimate of drug-likeness (QED) is 0.419. The molecule has 1 aromatic carbocycles. The maximum atomic E-state index is 12.1. The molecule has 0 atom stereocenters. The maximum absolute atomic E-state index is 12.1. The molecule has 0 amide bonds. The van der Waals surface area contributed by atoms with Gasteiger partial charge in [-0.2, -0.15) is 4.98 Å². The van der Waals surface area contributed by atoms with E-state index in [9.17, 15) is 13.2 Å². The van der Waals surface area contributed by atoms with Gasteiger partial charge in [-0.05, 0) is 43.0 Å². The van der Waals surface area contributed by atoms with Gasteiger partial charge in [-0.1, -0.05) is 11.2 Å². The van der Waals surface area contributed by atoms with Crippen molar-refractivity contribution < 1.29 is 27.2 Å². The van der Waals surface area contributed by atoms with Crippen molar-refractivity contribution in [1.29, 1.82) is 0 Å². The van der Waals surface area contributed by atoms with Gasteiger partial charge in [0.05, 0.1) is 7.11 Å². The number of esters is 1. The van der Waals surface area contributed by atoms with Crippen molar-refractivity contribution in [2.24, 2.45) is 0 Å². The molecule has 10 nitrogen and oxygen atoms in total. The average Bonchev–Trinajstić information content (AvgIpc) is 3.26. The van der Waals surface area contributed by atoms with E-state index >= 15 is 0 Å². The Hall–Kier alpha value is -3.57. The third-order valence-corrected chi connectivity index (χ3v) is 5.32. The zero-order valence-corrected chi connectivity index (χ0v) is 16.9. The molecule has 0 aliphatic rings. The summed E-state index contributed by atoms with van der Waals surface area (Å²) in [7, 11) is -1.06. The smallest absolute Gasteiger partial charge is 0.331 e. The van der Waals surface area contributed by atoms with E-state index in [-0.39, 0.29) is 23.1 Å². The Morgan fingerprint density at radius 1 is 1.30 bits per heavy atom. The number of methoxy groups -OCH3 is 1. The largest absolute Gasteiger partial charge is 0.495 e. The highest BCUT2D eigenvalue weighted by Crippen LogP contribution is 2.25. The zero-order valence-electron chi connectivity index (χ0n) is 16.1. The van der Waals surface area contributed by atoms with E-state index in [2.05, 4.69) is 19.8 Å². The van der Waals surface area contributed by atoms with E-state index in [1.54, 1.807) is 30.6 Å². The molecule has 3 aromatic rings. The summed E-state index contributed by atoms with van der Waals surface area (Å²) in [5, 5.41) is 3.80. The highest BCUT2D eigenvalue weighted by Gasteiger charge is 2.17. The Bertz CT molecular complexity index is 1160. The molecule has 11 heteroatoms. The molecule has 0 bridgehead atoms. The van der Waals surface area contributed by atoms with Crippen molar-refractivity contribution in [1.82, 2.24) is 19.8 Å². The van der Waals surface area contributed by atoms with Gasteiger partial charge in [-0.25, -0.2) is 17.9 Å². The lowest BCUT2D eigenvalue weighted by Crippen LogP contribution is -2.19. The SMILES string of the molecule is CNS(=O)(=O)c1cc(/C=C/C(=O)OCc2nc(-c3cccnc3)no2)ccc1OC. The van der Waals surface area contributed by atoms with Crippen molar-refractivity contribution >= 4 is 22.1 Å². The number of ether oxygens (including phenoxy) is 2. The van der Waals surface area contributed by atoms with E-state index in [1.807, 2.05) is 0 Å². The van der Waals surface area contributed by atoms with Crippen LogP contribution in [0, 0.1) is 0 Å². The van der Waals surface area contributed by atoms with Crippen LogP contribution in [0.2, 0.25) is 0 Å². The fraction of sp³-hybridized carbons (Fsp3) is 0.158. The van der Waals surface area contributed by atoms with Gasteiger partial charge in [0.25, 0.3) is 5.89 Å². The first-order valence-electron chi connectivity index (χ1n) is 8.62. The second-order valence-corrected chi connectivity index (χ2v) is 7.67. The fourth-order valence-corrected chi connectivity index (χ4v) is 3.32. The molecule has 0 spiro atoms. The van der Waals surface area contributed by atoms with Crippen molar-refractivity contribution in [2.75, 3.05) is 14.2 Å². The number of carbonyl (C=O) groups excluding carboxylic acids is 1. The topological polar surface area (TPSA) is 134 Å². The van der Waals surface area contributed by atoms with Crippen LogP contribution in [0.4, 0.5) is 0 Å². The van der Waals surface area contributed by atoms with Crippen LogP contribution in [0.25, 0.3) is 17.5 Å². The minimum absolute atomic E-state index is 0.0446. The molecule has 0 unspecified atom stereocenters. The van der Waals surface area contributed by atoms with Gasteiger partial charge in [-0.3, -0.25) is 4.98 Å². The van der Waals surface area contributed by atoms with Crippen LogP contribution in [-0.2, 0) is 26.2 Å². The maximum Gasteiger partial charge on any atom is 0.331 e. The molecule has 0 saturated carbocycles. The Labute approximate surface area is 172 Å². The molecule has 3 rings (SSSR count). The summed E-state index contributed by atoms with van der Waals surface area (Å²) < 4.78 is 41.6. The summed E-state index contributed by atoms with van der Waals surface area (Å²) in [4.78, 5) is 20.0. The lowest BCUT2D eigenvalue weighted by Gasteiger charge is -2.09. The van der Waals surface area contributed by atoms with Crippen LogP contribution in [-0.4, -0.2) is 43.7 Å². The molecule has 2 aromatic heterocycles. The second kappa shape index (κ2) is 9.29. The summed E-state index contributed by atoms with van der Waals surface area (Å²) in [6, 6.07) is 7.99. The molecule has 0 aliphatic heterocycles. The monoisotopic (exact) mass is 430 g/mol. The molecule has 30 heavy (non-hydrogen) atoms. The van der Waals surface area contributed by atoms with Crippen molar-refractivity contribution in [2.45, 2.75) is 11.5 Å². The highest BCUT2D eigenvalue weighted by molar-refractivity contribution is 7.89. The van der Waals surface area contributed by atoms with Crippen molar-refractivity contribution in [3.05, 3.63) is 60.3 Å². The number of nitrogens with zero attached hydrogens (tertiary/aromatic N) is 3. The standard InChI is InChI=1S/C19H18N4O6S/c1-20-30(25,26)16-10-13(5-7-15(16)27-2)6-8-18(24)28-12-17-22-19(23-29-17)14-4-3-9-21-11-14/h3-11,20H,12H2,1-2H3/b8-6+. The molecule has 0 fully saturated rings. The number of nitrogens with one attached hydrogen (secondary N) is 1. The lowest BCUT2D eigenvalue weighted by molar-refractivity contribution is -0.139. The fourth-order valence-electron chi connectivity index (χ4n) is 2.39. The Balaban J connectivity index is 1.64. The minimum atomic E-state index is -3.73. The number of rotatable bonds is 8. The number of hydrogen-bond acceptors (Lipinski definition) is 9. The Morgan fingerprint density at radius 2 is 2.13 bits per heavy atom. The average molecular weight is 430 g/mol. The van der Waals surface area contributed by atoms with Gasteiger partial charge in [0, 0.05) is 24.0 Å². The number of hydrogen-bond donors (Lipinski definition) is 1. The summed E-state index contributed by atoms with van der Waals surface area (Å²) in [6.07, 6.45) is 5.79. The van der Waals surface area contributed by atoms with Gasteiger partial charge >= 0.3 is 5.97 Å². The van der Waals surface area contributed by atoms with Crippen molar-refractivity contribution in [3.8, 4) is 17.1 Å². The summed E-state index contributed by atoms with van der Waals surface area (Å²) in [6.45, 7) is -0.210. The van der Waals surface area contributed by atoms with Crippen LogP contribution in [0.5, 0.6) is 5.75 Å². The van der Waals surface area contributed by atoms with E-state index in [4.69, 9.17) is 14.0 Å². The first-order chi connectivity index (χ1) is 14.4. The van der Waals surface area contributed by atoms with E-state index in [0.717, 1.165) is 6.08 Å². The normalized spacial score (nSPS) is 11.5. The van der Waals surface area contributed by atoms with Gasteiger partial charge < -0.3 is 14.0 Å². The third kappa shape index (κ3) is 5.07. The van der Waals surface area contributed by atoms with Gasteiger partial charge in [0.1, 0.15) is 10.6 Å². The molecule has 0 saturated heterocycles. The van der Waals surface area contributed by atoms with Crippen LogP contribution >= 0.6 is 0 Å². The number of benzene rings is 1. The van der Waals surface area contributed by atoms with Crippen molar-refractivity contribution in [3.63, 3.8) is 0 Å². The minimum Gasteiger partial charge on any atom is -0.495 e. The van der Waals surface area contributed by atoms with Gasteiger partial charge in [0.15, 0.2) is 6.61 Å². The number of pyridine rings is 1. The lowest BCUT2D eigenvalue weighted by atomic mass is 10.2. The molecular formula is C19H18N4O6S. The van der Waals surface area contributed by atoms with Crippen LogP contribution in [0.3, 0.4) is 0 Å². The predicted octanol–water partition coefficient (Wildman–Crippen LogP) is 1.80. The van der Waals surface area contributed by atoms with E-state index < -0.39 is 16.0 Å². The van der Waals surface area contributed by atoms with E-state index in [0.29, 0.717) is 17.0 Å². The molecule has 2 heterocycles. The summed E-state index contributed by atoms with van der Waals surface area (Å²) in [5.41, 5.74) is 1.14. The van der Waals surface area contributed by atoms with E-state index in [1.165, 1.54) is 32.4 Å². The van der Waals surface area contributed by atoms with Crippen LogP contribution in [0.1, 0.15) is 11.5 Å². The molecule has 156 valence electrons. The number of sulfonamides is 1. The first-order valence-corrected chi connectivity index (χ1v) is 10.1. The zero-order chi connectivity index (χ0) is 21.6. The summed E-state index contributed by atoms with van der Waals surface area (Å²) in [5.74, 6) is -0.0153. The summed E-state index contributed by atoms with van der Waals surface area (Å²) >= 11 is 0. The third-order valence-electron chi connectivity index (χ3n) is 3.88. The first kappa shape index (κ1) is 21.1.